The lowest BCUT2D eigenvalue weighted by Crippen LogP contribution is -2.10. The van der Waals surface area contributed by atoms with Gasteiger partial charge in [0.15, 0.2) is 5.82 Å². The van der Waals surface area contributed by atoms with Crippen LogP contribution >= 0.6 is 0 Å². The quantitative estimate of drug-likeness (QED) is 0.785. The molecule has 1 atom stereocenters. The summed E-state index contributed by atoms with van der Waals surface area (Å²) in [5.41, 5.74) is 2.99. The highest BCUT2D eigenvalue weighted by molar-refractivity contribution is 5.49. The van der Waals surface area contributed by atoms with Gasteiger partial charge in [0, 0.05) is 42.7 Å². The third-order valence-corrected chi connectivity index (χ3v) is 3.83. The number of hydrogen-bond donors (Lipinski definition) is 1. The average molecular weight is 310 g/mol. The van der Waals surface area contributed by atoms with E-state index in [0.29, 0.717) is 5.92 Å². The smallest absolute Gasteiger partial charge is 0.159 e. The third kappa shape index (κ3) is 3.31. The molecule has 0 saturated carbocycles. The zero-order valence-electron chi connectivity index (χ0n) is 14.0. The van der Waals surface area contributed by atoms with Gasteiger partial charge in [-0.05, 0) is 26.0 Å². The third-order valence-electron chi connectivity index (χ3n) is 3.83. The Kier molecular flexibility index (Phi) is 4.23. The Morgan fingerprint density at radius 2 is 2.00 bits per heavy atom. The molecular formula is C17H22N6. The molecule has 6 heteroatoms. The van der Waals surface area contributed by atoms with Crippen LogP contribution in [0.2, 0.25) is 0 Å². The van der Waals surface area contributed by atoms with Crippen molar-refractivity contribution < 1.29 is 0 Å². The Balaban J connectivity index is 1.88. The first kappa shape index (κ1) is 15.4. The van der Waals surface area contributed by atoms with Crippen molar-refractivity contribution in [1.29, 1.82) is 0 Å². The van der Waals surface area contributed by atoms with Gasteiger partial charge in [0.1, 0.15) is 11.5 Å². The van der Waals surface area contributed by atoms with Gasteiger partial charge < -0.3 is 4.57 Å². The molecule has 0 aliphatic rings. The Labute approximate surface area is 136 Å². The molecule has 0 spiro atoms. The predicted molar refractivity (Wildman–Crippen MR) is 89.1 cm³/mol. The average Bonchev–Trinajstić information content (AvgIpc) is 3.16. The molecule has 0 aromatic carbocycles. The van der Waals surface area contributed by atoms with Crippen molar-refractivity contribution in [3.8, 4) is 11.5 Å². The summed E-state index contributed by atoms with van der Waals surface area (Å²) in [5.74, 6) is 2.00. The number of imidazole rings is 1. The van der Waals surface area contributed by atoms with Crippen molar-refractivity contribution in [1.82, 2.24) is 29.7 Å². The van der Waals surface area contributed by atoms with Crippen molar-refractivity contribution in [2.45, 2.75) is 46.1 Å². The molecule has 0 aliphatic carbocycles. The van der Waals surface area contributed by atoms with Gasteiger partial charge in [0.2, 0.25) is 0 Å². The number of nitrogens with zero attached hydrogens (tertiary/aromatic N) is 5. The van der Waals surface area contributed by atoms with Crippen LogP contribution in [0.25, 0.3) is 11.5 Å². The molecule has 0 fully saturated rings. The van der Waals surface area contributed by atoms with E-state index < -0.39 is 0 Å². The van der Waals surface area contributed by atoms with E-state index in [0.717, 1.165) is 35.2 Å². The fourth-order valence-electron chi connectivity index (χ4n) is 2.62. The van der Waals surface area contributed by atoms with Crippen molar-refractivity contribution in [3.63, 3.8) is 0 Å². The van der Waals surface area contributed by atoms with Crippen LogP contribution in [0.3, 0.4) is 0 Å². The van der Waals surface area contributed by atoms with Crippen LogP contribution in [0.5, 0.6) is 0 Å². The number of aromatic amines is 1. The standard InChI is InChI=1S/C17H22N6/c1-11(2)16-18-6-5-15(20-16)17-19-7-8-23(17)13(4)10-14-9-12(3)21-22-14/h5-9,11,13H,10H2,1-4H3,(H,21,22)/t13-/m1/s1. The Hall–Kier alpha value is -2.50. The summed E-state index contributed by atoms with van der Waals surface area (Å²) in [6.45, 7) is 8.36. The molecule has 3 aromatic rings. The number of aromatic nitrogens is 6. The van der Waals surface area contributed by atoms with Crippen LogP contribution in [-0.2, 0) is 6.42 Å². The fourth-order valence-corrected chi connectivity index (χ4v) is 2.62. The molecule has 0 unspecified atom stereocenters. The van der Waals surface area contributed by atoms with Crippen molar-refractivity contribution >= 4 is 0 Å². The minimum Gasteiger partial charge on any atom is -0.327 e. The highest BCUT2D eigenvalue weighted by atomic mass is 15.1. The Morgan fingerprint density at radius 3 is 2.70 bits per heavy atom. The second-order valence-electron chi connectivity index (χ2n) is 6.21. The van der Waals surface area contributed by atoms with Gasteiger partial charge in [-0.25, -0.2) is 15.0 Å². The molecule has 0 saturated heterocycles. The molecule has 0 amide bonds. The van der Waals surface area contributed by atoms with E-state index in [2.05, 4.69) is 56.6 Å². The maximum absolute atomic E-state index is 4.65. The van der Waals surface area contributed by atoms with Crippen molar-refractivity contribution in [2.75, 3.05) is 0 Å². The van der Waals surface area contributed by atoms with Gasteiger partial charge in [0.05, 0.1) is 5.69 Å². The second kappa shape index (κ2) is 6.32. The highest BCUT2D eigenvalue weighted by Gasteiger charge is 2.15. The number of hydrogen-bond acceptors (Lipinski definition) is 4. The molecule has 1 N–H and O–H groups in total. The lowest BCUT2D eigenvalue weighted by atomic mass is 10.1. The lowest BCUT2D eigenvalue weighted by molar-refractivity contribution is 0.541. The summed E-state index contributed by atoms with van der Waals surface area (Å²) in [6, 6.07) is 4.23. The first-order chi connectivity index (χ1) is 11.0. The SMILES string of the molecule is Cc1cc(C[C@@H](C)n2ccnc2-c2ccnc(C(C)C)n2)n[nH]1. The van der Waals surface area contributed by atoms with E-state index in [9.17, 15) is 0 Å². The van der Waals surface area contributed by atoms with Crippen LogP contribution in [0.1, 0.15) is 49.9 Å². The maximum Gasteiger partial charge on any atom is 0.159 e. The van der Waals surface area contributed by atoms with Crippen molar-refractivity contribution in [3.05, 3.63) is 47.9 Å². The second-order valence-corrected chi connectivity index (χ2v) is 6.21. The minimum atomic E-state index is 0.243. The van der Waals surface area contributed by atoms with Gasteiger partial charge in [-0.2, -0.15) is 5.10 Å². The number of aryl methyl sites for hydroxylation is 1. The van der Waals surface area contributed by atoms with Crippen LogP contribution in [0.4, 0.5) is 0 Å². The van der Waals surface area contributed by atoms with E-state index in [-0.39, 0.29) is 6.04 Å². The minimum absolute atomic E-state index is 0.243. The summed E-state index contributed by atoms with van der Waals surface area (Å²) in [6.07, 6.45) is 6.46. The first-order valence-corrected chi connectivity index (χ1v) is 7.91. The van der Waals surface area contributed by atoms with E-state index >= 15 is 0 Å². The molecule has 23 heavy (non-hydrogen) atoms. The highest BCUT2D eigenvalue weighted by Crippen LogP contribution is 2.22. The topological polar surface area (TPSA) is 72.3 Å². The Morgan fingerprint density at radius 1 is 1.17 bits per heavy atom. The summed E-state index contributed by atoms with van der Waals surface area (Å²) >= 11 is 0. The zero-order valence-corrected chi connectivity index (χ0v) is 14.0. The largest absolute Gasteiger partial charge is 0.327 e. The molecule has 120 valence electrons. The summed E-state index contributed by atoms with van der Waals surface area (Å²) < 4.78 is 2.15. The molecule has 6 nitrogen and oxygen atoms in total. The van der Waals surface area contributed by atoms with E-state index in [1.54, 1.807) is 6.20 Å². The summed E-state index contributed by atoms with van der Waals surface area (Å²) in [7, 11) is 0. The Bertz CT molecular complexity index is 786. The molecule has 3 heterocycles. The molecule has 0 aliphatic heterocycles. The van der Waals surface area contributed by atoms with E-state index in [1.165, 1.54) is 0 Å². The normalized spacial score (nSPS) is 12.7. The summed E-state index contributed by atoms with van der Waals surface area (Å²) in [5, 5.41) is 7.31. The molecule has 3 rings (SSSR count). The van der Waals surface area contributed by atoms with Gasteiger partial charge in [-0.15, -0.1) is 0 Å². The molecular weight excluding hydrogens is 288 g/mol. The van der Waals surface area contributed by atoms with Gasteiger partial charge in [0.25, 0.3) is 0 Å². The monoisotopic (exact) mass is 310 g/mol. The van der Waals surface area contributed by atoms with Crippen LogP contribution in [0.15, 0.2) is 30.7 Å². The van der Waals surface area contributed by atoms with Gasteiger partial charge in [-0.3, -0.25) is 5.10 Å². The van der Waals surface area contributed by atoms with Crippen LogP contribution in [0, 0.1) is 6.92 Å². The van der Waals surface area contributed by atoms with Gasteiger partial charge in [-0.1, -0.05) is 13.8 Å². The zero-order chi connectivity index (χ0) is 16.4. The van der Waals surface area contributed by atoms with E-state index in [4.69, 9.17) is 0 Å². The fraction of sp³-hybridized carbons (Fsp3) is 0.412. The van der Waals surface area contributed by atoms with Crippen molar-refractivity contribution in [2.24, 2.45) is 0 Å². The van der Waals surface area contributed by atoms with Gasteiger partial charge >= 0.3 is 0 Å². The molecule has 0 radical (unpaired) electrons. The number of nitrogens with one attached hydrogen (secondary N) is 1. The van der Waals surface area contributed by atoms with Crippen LogP contribution < -0.4 is 0 Å². The first-order valence-electron chi connectivity index (χ1n) is 7.91. The van der Waals surface area contributed by atoms with E-state index in [1.807, 2.05) is 25.4 Å². The lowest BCUT2D eigenvalue weighted by Gasteiger charge is -2.15. The van der Waals surface area contributed by atoms with Crippen LogP contribution in [-0.4, -0.2) is 29.7 Å². The number of H-pyrrole nitrogens is 1. The maximum atomic E-state index is 4.65. The molecule has 3 aromatic heterocycles. The summed E-state index contributed by atoms with van der Waals surface area (Å²) in [4.78, 5) is 13.5. The predicted octanol–water partition coefficient (Wildman–Crippen LogP) is 3.30. The number of rotatable bonds is 5. The molecule has 0 bridgehead atoms.